The molecule has 1 heterocycles. The zero-order valence-electron chi connectivity index (χ0n) is 15.0. The number of hydrogen-bond acceptors (Lipinski definition) is 5. The minimum Gasteiger partial charge on any atom is -0.340 e. The van der Waals surface area contributed by atoms with E-state index in [-0.39, 0.29) is 17.7 Å². The topological polar surface area (TPSA) is 84.0 Å². The Morgan fingerprint density at radius 3 is 2.44 bits per heavy atom. The lowest BCUT2D eigenvalue weighted by Gasteiger charge is -2.21. The molecule has 0 aliphatic heterocycles. The molecule has 1 aromatic carbocycles. The van der Waals surface area contributed by atoms with E-state index < -0.39 is 6.04 Å². The van der Waals surface area contributed by atoms with Gasteiger partial charge in [0, 0.05) is 12.0 Å². The summed E-state index contributed by atoms with van der Waals surface area (Å²) in [6.45, 7) is 7.81. The van der Waals surface area contributed by atoms with Crippen molar-refractivity contribution in [2.24, 2.45) is 5.92 Å². The summed E-state index contributed by atoms with van der Waals surface area (Å²) in [4.78, 5) is 25.0. The molecule has 134 valence electrons. The molecule has 0 spiro atoms. The summed E-state index contributed by atoms with van der Waals surface area (Å²) in [5, 5.41) is 15.0. The molecule has 1 aromatic heterocycles. The number of hydrogen-bond donors (Lipinski definition) is 2. The summed E-state index contributed by atoms with van der Waals surface area (Å²) in [6, 6.07) is 6.60. The number of nitrogens with zero attached hydrogens (tertiary/aromatic N) is 2. The Morgan fingerprint density at radius 2 is 1.84 bits per heavy atom. The largest absolute Gasteiger partial charge is 0.340 e. The van der Waals surface area contributed by atoms with Gasteiger partial charge in [0.05, 0.1) is 0 Å². The third-order valence-electron chi connectivity index (χ3n) is 3.71. The Balaban J connectivity index is 2.04. The highest BCUT2D eigenvalue weighted by Gasteiger charge is 2.25. The van der Waals surface area contributed by atoms with Crippen LogP contribution in [0.25, 0.3) is 0 Å². The Labute approximate surface area is 152 Å². The monoisotopic (exact) mass is 360 g/mol. The summed E-state index contributed by atoms with van der Waals surface area (Å²) >= 11 is 1.36. The summed E-state index contributed by atoms with van der Waals surface area (Å²) in [6.07, 6.45) is 1.81. The van der Waals surface area contributed by atoms with E-state index in [1.54, 1.807) is 12.1 Å². The van der Waals surface area contributed by atoms with Gasteiger partial charge in [0.25, 0.3) is 5.91 Å². The first kappa shape index (κ1) is 19.1. The molecular formula is C18H24N4O2S. The van der Waals surface area contributed by atoms with Crippen LogP contribution in [-0.2, 0) is 11.2 Å². The Hall–Kier alpha value is -2.28. The van der Waals surface area contributed by atoms with Gasteiger partial charge in [-0.25, -0.2) is 0 Å². The van der Waals surface area contributed by atoms with Crippen molar-refractivity contribution in [2.75, 3.05) is 5.32 Å². The van der Waals surface area contributed by atoms with Crippen molar-refractivity contribution in [2.45, 2.75) is 46.6 Å². The smallest absolute Gasteiger partial charge is 0.251 e. The number of anilines is 1. The van der Waals surface area contributed by atoms with E-state index in [4.69, 9.17) is 0 Å². The van der Waals surface area contributed by atoms with Crippen molar-refractivity contribution >= 4 is 28.3 Å². The van der Waals surface area contributed by atoms with E-state index in [1.807, 2.05) is 32.9 Å². The van der Waals surface area contributed by atoms with Gasteiger partial charge in [0.2, 0.25) is 11.0 Å². The van der Waals surface area contributed by atoms with Gasteiger partial charge in [-0.2, -0.15) is 0 Å². The van der Waals surface area contributed by atoms with E-state index in [0.29, 0.717) is 10.7 Å². The van der Waals surface area contributed by atoms with Crippen molar-refractivity contribution in [3.63, 3.8) is 0 Å². The van der Waals surface area contributed by atoms with Gasteiger partial charge < -0.3 is 5.32 Å². The van der Waals surface area contributed by atoms with Crippen LogP contribution in [0.3, 0.4) is 0 Å². The van der Waals surface area contributed by atoms with Crippen LogP contribution in [0, 0.1) is 12.8 Å². The molecule has 0 radical (unpaired) electrons. The first-order chi connectivity index (χ1) is 11.9. The zero-order chi connectivity index (χ0) is 18.4. The van der Waals surface area contributed by atoms with Gasteiger partial charge in [-0.05, 0) is 31.4 Å². The van der Waals surface area contributed by atoms with Crippen LogP contribution >= 0.6 is 11.3 Å². The summed E-state index contributed by atoms with van der Waals surface area (Å²) in [5.74, 6) is -0.607. The average Bonchev–Trinajstić information content (AvgIpc) is 3.00. The van der Waals surface area contributed by atoms with Gasteiger partial charge in [-0.1, -0.05) is 49.8 Å². The lowest BCUT2D eigenvalue weighted by Crippen LogP contribution is -2.47. The maximum Gasteiger partial charge on any atom is 0.251 e. The molecule has 0 aliphatic carbocycles. The predicted octanol–water partition coefficient (Wildman–Crippen LogP) is 3.19. The molecule has 1 unspecified atom stereocenters. The predicted molar refractivity (Wildman–Crippen MR) is 99.8 cm³/mol. The lowest BCUT2D eigenvalue weighted by atomic mass is 10.0. The second kappa shape index (κ2) is 8.71. The van der Waals surface area contributed by atoms with Gasteiger partial charge in [-0.15, -0.1) is 10.2 Å². The summed E-state index contributed by atoms with van der Waals surface area (Å²) in [5.41, 5.74) is 1.61. The average molecular weight is 360 g/mol. The van der Waals surface area contributed by atoms with Crippen LogP contribution in [0.1, 0.15) is 48.1 Å². The third-order valence-corrected chi connectivity index (χ3v) is 4.61. The maximum absolute atomic E-state index is 12.6. The number of carbonyl (C=O) groups excluding carboxylic acids is 2. The first-order valence-corrected chi connectivity index (χ1v) is 9.23. The Bertz CT molecular complexity index is 725. The standard InChI is InChI=1S/C18H24N4O2S/c1-5-6-14-21-22-18(25-14)20-17(24)15(11(2)3)19-16(23)13-9-7-12(4)8-10-13/h7-11,15H,5-6H2,1-4H3,(H,19,23)(H,20,22,24). The molecule has 7 heteroatoms. The molecule has 0 fully saturated rings. The molecule has 2 amide bonds. The fourth-order valence-corrected chi connectivity index (χ4v) is 3.11. The lowest BCUT2D eigenvalue weighted by molar-refractivity contribution is -0.118. The fraction of sp³-hybridized carbons (Fsp3) is 0.444. The molecule has 0 saturated carbocycles. The van der Waals surface area contributed by atoms with Crippen LogP contribution in [0.15, 0.2) is 24.3 Å². The van der Waals surface area contributed by atoms with Gasteiger partial charge in [0.15, 0.2) is 0 Å². The van der Waals surface area contributed by atoms with Crippen LogP contribution in [0.2, 0.25) is 0 Å². The number of carbonyl (C=O) groups is 2. The summed E-state index contributed by atoms with van der Waals surface area (Å²) < 4.78 is 0. The van der Waals surface area contributed by atoms with E-state index in [0.717, 1.165) is 23.4 Å². The molecular weight excluding hydrogens is 336 g/mol. The number of aryl methyl sites for hydroxylation is 2. The first-order valence-electron chi connectivity index (χ1n) is 8.41. The molecule has 0 aliphatic rings. The SMILES string of the molecule is CCCc1nnc(NC(=O)C(NC(=O)c2ccc(C)cc2)C(C)C)s1. The summed E-state index contributed by atoms with van der Waals surface area (Å²) in [7, 11) is 0. The number of nitrogens with one attached hydrogen (secondary N) is 2. The Kier molecular flexibility index (Phi) is 6.64. The number of rotatable bonds is 7. The Morgan fingerprint density at radius 1 is 1.16 bits per heavy atom. The van der Waals surface area contributed by atoms with Crippen LogP contribution in [0.4, 0.5) is 5.13 Å². The second-order valence-electron chi connectivity index (χ2n) is 6.30. The van der Waals surface area contributed by atoms with Gasteiger partial charge in [-0.3, -0.25) is 14.9 Å². The van der Waals surface area contributed by atoms with Gasteiger partial charge >= 0.3 is 0 Å². The van der Waals surface area contributed by atoms with Crippen molar-refractivity contribution in [1.82, 2.24) is 15.5 Å². The second-order valence-corrected chi connectivity index (χ2v) is 7.36. The molecule has 0 saturated heterocycles. The normalized spacial score (nSPS) is 12.0. The minimum atomic E-state index is -0.646. The quantitative estimate of drug-likeness (QED) is 0.794. The number of aromatic nitrogens is 2. The van der Waals surface area contributed by atoms with Crippen molar-refractivity contribution < 1.29 is 9.59 Å². The molecule has 2 N–H and O–H groups in total. The molecule has 1 atom stereocenters. The molecule has 25 heavy (non-hydrogen) atoms. The van der Waals surface area contributed by atoms with Crippen LogP contribution in [0.5, 0.6) is 0 Å². The molecule has 6 nitrogen and oxygen atoms in total. The maximum atomic E-state index is 12.6. The minimum absolute atomic E-state index is 0.0579. The molecule has 2 aromatic rings. The highest BCUT2D eigenvalue weighted by Crippen LogP contribution is 2.17. The van der Waals surface area contributed by atoms with Crippen molar-refractivity contribution in [3.05, 3.63) is 40.4 Å². The van der Waals surface area contributed by atoms with Crippen LogP contribution < -0.4 is 10.6 Å². The van der Waals surface area contributed by atoms with Crippen molar-refractivity contribution in [1.29, 1.82) is 0 Å². The molecule has 2 rings (SSSR count). The highest BCUT2D eigenvalue weighted by atomic mass is 32.1. The van der Waals surface area contributed by atoms with E-state index in [9.17, 15) is 9.59 Å². The number of benzene rings is 1. The van der Waals surface area contributed by atoms with E-state index in [1.165, 1.54) is 11.3 Å². The van der Waals surface area contributed by atoms with Crippen LogP contribution in [-0.4, -0.2) is 28.1 Å². The van der Waals surface area contributed by atoms with E-state index >= 15 is 0 Å². The number of amides is 2. The van der Waals surface area contributed by atoms with Crippen molar-refractivity contribution in [3.8, 4) is 0 Å². The van der Waals surface area contributed by atoms with E-state index in [2.05, 4.69) is 27.8 Å². The highest BCUT2D eigenvalue weighted by molar-refractivity contribution is 7.15. The zero-order valence-corrected chi connectivity index (χ0v) is 15.8. The molecule has 0 bridgehead atoms. The third kappa shape index (κ3) is 5.35. The van der Waals surface area contributed by atoms with Gasteiger partial charge in [0.1, 0.15) is 11.0 Å². The fourth-order valence-electron chi connectivity index (χ4n) is 2.27.